The molecule has 4 nitrogen and oxygen atoms in total. The highest BCUT2D eigenvalue weighted by molar-refractivity contribution is 5.76. The van der Waals surface area contributed by atoms with Crippen LogP contribution in [0.4, 0.5) is 8.78 Å². The van der Waals surface area contributed by atoms with Gasteiger partial charge < -0.3 is 5.32 Å². The number of halogens is 2. The van der Waals surface area contributed by atoms with Crippen molar-refractivity contribution in [2.45, 2.75) is 58.5 Å². The molecule has 3 rings (SSSR count). The second-order valence-corrected chi connectivity index (χ2v) is 6.86. The van der Waals surface area contributed by atoms with Gasteiger partial charge in [-0.2, -0.15) is 5.10 Å². The predicted molar refractivity (Wildman–Crippen MR) is 78.5 cm³/mol. The monoisotopic (exact) mass is 311 g/mol. The lowest BCUT2D eigenvalue weighted by Crippen LogP contribution is -2.41. The first-order chi connectivity index (χ1) is 10.4. The lowest BCUT2D eigenvalue weighted by atomic mass is 9.84. The highest BCUT2D eigenvalue weighted by Gasteiger charge is 2.42. The molecule has 0 radical (unpaired) electrons. The van der Waals surface area contributed by atoms with E-state index in [9.17, 15) is 13.6 Å². The van der Waals surface area contributed by atoms with E-state index in [1.165, 1.54) is 36.4 Å². The number of aromatic nitrogens is 2. The molecule has 1 amide bonds. The van der Waals surface area contributed by atoms with Crippen LogP contribution in [-0.4, -0.2) is 21.7 Å². The van der Waals surface area contributed by atoms with Gasteiger partial charge in [-0.15, -0.1) is 0 Å². The summed E-state index contributed by atoms with van der Waals surface area (Å²) in [5.41, 5.74) is 0.310. The fourth-order valence-electron chi connectivity index (χ4n) is 4.25. The van der Waals surface area contributed by atoms with Crippen molar-refractivity contribution in [3.05, 3.63) is 17.5 Å². The molecule has 1 aromatic heterocycles. The second kappa shape index (κ2) is 5.97. The van der Waals surface area contributed by atoms with Crippen LogP contribution in [-0.2, 0) is 11.3 Å². The fourth-order valence-corrected chi connectivity index (χ4v) is 4.25. The van der Waals surface area contributed by atoms with Gasteiger partial charge in [0.2, 0.25) is 5.91 Å². The van der Waals surface area contributed by atoms with Crippen LogP contribution >= 0.6 is 0 Å². The zero-order valence-electron chi connectivity index (χ0n) is 13.1. The standard InChI is InChI=1S/C16H23F2N3O/c1-9-5-14(16(17)18)20-21(9)8-15(22)19-10(2)13-7-11-3-4-12(13)6-11/h5,10-13,16H,3-4,6-8H2,1-2H3,(H,19,22)/t10-,11-,12-,13+/m0/s1. The molecule has 122 valence electrons. The Morgan fingerprint density at radius 1 is 1.45 bits per heavy atom. The minimum atomic E-state index is -2.60. The molecule has 2 saturated carbocycles. The summed E-state index contributed by atoms with van der Waals surface area (Å²) in [5.74, 6) is 2.01. The van der Waals surface area contributed by atoms with Gasteiger partial charge in [0.1, 0.15) is 12.2 Å². The molecule has 22 heavy (non-hydrogen) atoms. The van der Waals surface area contributed by atoms with Gasteiger partial charge in [0.05, 0.1) is 0 Å². The molecular weight excluding hydrogens is 288 g/mol. The Labute approximate surface area is 129 Å². The number of rotatable bonds is 5. The highest BCUT2D eigenvalue weighted by atomic mass is 19.3. The van der Waals surface area contributed by atoms with Crippen molar-refractivity contribution in [3.63, 3.8) is 0 Å². The Balaban J connectivity index is 1.56. The number of aryl methyl sites for hydroxylation is 1. The number of carbonyl (C=O) groups excluding carboxylic acids is 1. The van der Waals surface area contributed by atoms with Gasteiger partial charge in [-0.25, -0.2) is 8.78 Å². The van der Waals surface area contributed by atoms with Crippen molar-refractivity contribution < 1.29 is 13.6 Å². The van der Waals surface area contributed by atoms with Crippen molar-refractivity contribution in [1.82, 2.24) is 15.1 Å². The molecule has 0 aromatic carbocycles. The minimum Gasteiger partial charge on any atom is -0.352 e. The largest absolute Gasteiger partial charge is 0.352 e. The number of carbonyl (C=O) groups is 1. The van der Waals surface area contributed by atoms with Crippen LogP contribution in [0.1, 0.15) is 50.4 Å². The highest BCUT2D eigenvalue weighted by Crippen LogP contribution is 2.49. The summed E-state index contributed by atoms with van der Waals surface area (Å²) < 4.78 is 26.6. The molecule has 1 aromatic rings. The van der Waals surface area contributed by atoms with Crippen molar-refractivity contribution >= 4 is 5.91 Å². The summed E-state index contributed by atoms with van der Waals surface area (Å²) in [6.45, 7) is 3.75. The van der Waals surface area contributed by atoms with E-state index < -0.39 is 6.43 Å². The lowest BCUT2D eigenvalue weighted by molar-refractivity contribution is -0.123. The van der Waals surface area contributed by atoms with Gasteiger partial charge in [0, 0.05) is 11.7 Å². The quantitative estimate of drug-likeness (QED) is 0.908. The van der Waals surface area contributed by atoms with Crippen LogP contribution in [0, 0.1) is 24.7 Å². The molecule has 2 aliphatic carbocycles. The van der Waals surface area contributed by atoms with Crippen LogP contribution in [0.5, 0.6) is 0 Å². The minimum absolute atomic E-state index is 0.00368. The Morgan fingerprint density at radius 3 is 2.77 bits per heavy atom. The maximum absolute atomic E-state index is 12.6. The Bertz CT molecular complexity index is 558. The molecule has 6 heteroatoms. The van der Waals surface area contributed by atoms with Gasteiger partial charge in [0.25, 0.3) is 6.43 Å². The van der Waals surface area contributed by atoms with E-state index in [4.69, 9.17) is 0 Å². The van der Waals surface area contributed by atoms with Gasteiger partial charge in [-0.1, -0.05) is 6.42 Å². The van der Waals surface area contributed by atoms with Gasteiger partial charge >= 0.3 is 0 Å². The third kappa shape index (κ3) is 3.01. The smallest absolute Gasteiger partial charge is 0.282 e. The van der Waals surface area contributed by atoms with E-state index in [0.717, 1.165) is 11.8 Å². The van der Waals surface area contributed by atoms with E-state index in [0.29, 0.717) is 11.6 Å². The molecule has 0 unspecified atom stereocenters. The zero-order valence-corrected chi connectivity index (χ0v) is 13.1. The first-order valence-corrected chi connectivity index (χ1v) is 8.06. The molecule has 0 spiro atoms. The molecule has 0 saturated heterocycles. The van der Waals surface area contributed by atoms with Crippen molar-refractivity contribution in [2.24, 2.45) is 17.8 Å². The van der Waals surface area contributed by atoms with Crippen LogP contribution in [0.15, 0.2) is 6.07 Å². The molecule has 2 fully saturated rings. The third-order valence-corrected chi connectivity index (χ3v) is 5.34. The molecule has 4 atom stereocenters. The third-order valence-electron chi connectivity index (χ3n) is 5.34. The first kappa shape index (κ1) is 15.4. The average molecular weight is 311 g/mol. The summed E-state index contributed by atoms with van der Waals surface area (Å²) >= 11 is 0. The SMILES string of the molecule is Cc1cc(C(F)F)nn1CC(=O)N[C@@H](C)[C@H]1C[C@H]2CC[C@H]1C2. The van der Waals surface area contributed by atoms with Crippen LogP contribution in [0.3, 0.4) is 0 Å². The maximum Gasteiger partial charge on any atom is 0.282 e. The second-order valence-electron chi connectivity index (χ2n) is 6.86. The average Bonchev–Trinajstić information content (AvgIpc) is 3.14. The van der Waals surface area contributed by atoms with E-state index in [1.54, 1.807) is 6.92 Å². The Morgan fingerprint density at radius 2 is 2.23 bits per heavy atom. The van der Waals surface area contributed by atoms with E-state index in [1.807, 2.05) is 0 Å². The summed E-state index contributed by atoms with van der Waals surface area (Å²) in [7, 11) is 0. The Hall–Kier alpha value is -1.46. The summed E-state index contributed by atoms with van der Waals surface area (Å²) in [6, 6.07) is 1.48. The first-order valence-electron chi connectivity index (χ1n) is 8.06. The summed E-state index contributed by atoms with van der Waals surface area (Å²) in [6.07, 6.45) is 2.54. The van der Waals surface area contributed by atoms with Crippen LogP contribution in [0.2, 0.25) is 0 Å². The van der Waals surface area contributed by atoms with Gasteiger partial charge in [-0.3, -0.25) is 9.48 Å². The summed E-state index contributed by atoms with van der Waals surface area (Å²) in [4.78, 5) is 12.2. The van der Waals surface area contributed by atoms with Crippen molar-refractivity contribution in [2.75, 3.05) is 0 Å². The molecule has 2 aliphatic rings. The van der Waals surface area contributed by atoms with Gasteiger partial charge in [-0.05, 0) is 56.9 Å². The van der Waals surface area contributed by atoms with Crippen molar-refractivity contribution in [1.29, 1.82) is 0 Å². The maximum atomic E-state index is 12.6. The molecule has 2 bridgehead atoms. The van der Waals surface area contributed by atoms with E-state index >= 15 is 0 Å². The van der Waals surface area contributed by atoms with E-state index in [-0.39, 0.29) is 24.2 Å². The number of hydrogen-bond donors (Lipinski definition) is 1. The lowest BCUT2D eigenvalue weighted by Gasteiger charge is -2.28. The molecular formula is C16H23F2N3O. The van der Waals surface area contributed by atoms with Gasteiger partial charge in [0.15, 0.2) is 0 Å². The van der Waals surface area contributed by atoms with E-state index in [2.05, 4.69) is 17.3 Å². The molecule has 1 heterocycles. The van der Waals surface area contributed by atoms with Crippen LogP contribution < -0.4 is 5.32 Å². The Kier molecular flexibility index (Phi) is 4.19. The van der Waals surface area contributed by atoms with Crippen molar-refractivity contribution in [3.8, 4) is 0 Å². The van der Waals surface area contributed by atoms with Crippen LogP contribution in [0.25, 0.3) is 0 Å². The molecule has 1 N–H and O–H groups in total. The fraction of sp³-hybridized carbons (Fsp3) is 0.750. The number of nitrogens with one attached hydrogen (secondary N) is 1. The number of alkyl halides is 2. The molecule has 0 aliphatic heterocycles. The zero-order chi connectivity index (χ0) is 15.9. The number of nitrogens with zero attached hydrogens (tertiary/aromatic N) is 2. The normalized spacial score (nSPS) is 28.3. The summed E-state index contributed by atoms with van der Waals surface area (Å²) in [5, 5.41) is 6.83. The number of hydrogen-bond acceptors (Lipinski definition) is 2. The number of fused-ring (bicyclic) bond motifs is 2. The number of amides is 1. The predicted octanol–water partition coefficient (Wildman–Crippen LogP) is 3.07. The topological polar surface area (TPSA) is 46.9 Å².